The first-order valence-corrected chi connectivity index (χ1v) is 9.24. The van der Waals surface area contributed by atoms with Crippen LogP contribution in [0.25, 0.3) is 0 Å². The summed E-state index contributed by atoms with van der Waals surface area (Å²) in [7, 11) is 0. The topological polar surface area (TPSA) is 93.7 Å². The summed E-state index contributed by atoms with van der Waals surface area (Å²) in [5.41, 5.74) is 4.78. The summed E-state index contributed by atoms with van der Waals surface area (Å²) < 4.78 is 10.6. The average Bonchev–Trinajstić information content (AvgIpc) is 2.77. The summed E-state index contributed by atoms with van der Waals surface area (Å²) in [6.07, 6.45) is 0. The third-order valence-electron chi connectivity index (χ3n) is 3.82. The van der Waals surface area contributed by atoms with E-state index in [1.165, 1.54) is 18.2 Å². The minimum Gasteiger partial charge on any atom is -0.457 e. The first kappa shape index (κ1) is 20.9. The Balaban J connectivity index is 1.49. The van der Waals surface area contributed by atoms with E-state index in [9.17, 15) is 14.4 Å². The summed E-state index contributed by atoms with van der Waals surface area (Å²) in [4.78, 5) is 36.0. The van der Waals surface area contributed by atoms with Crippen LogP contribution in [0.5, 0.6) is 11.5 Å². The Morgan fingerprint density at radius 2 is 1.50 bits per heavy atom. The molecule has 0 spiro atoms. The van der Waals surface area contributed by atoms with Gasteiger partial charge in [0.05, 0.1) is 16.1 Å². The molecule has 0 saturated heterocycles. The number of halogens is 1. The molecule has 0 saturated carbocycles. The molecule has 30 heavy (non-hydrogen) atoms. The fourth-order valence-electron chi connectivity index (χ4n) is 2.40. The standard InChI is InChI=1S/C22H17ClN2O5/c23-19-12-5-4-11-18(19)21(27)25-24-20(26)14-29-22(28)15-7-6-10-17(13-15)30-16-8-2-1-3-9-16/h1-13H,14H2,(H,24,26)(H,25,27). The van der Waals surface area contributed by atoms with Crippen LogP contribution in [0.1, 0.15) is 20.7 Å². The van der Waals surface area contributed by atoms with Gasteiger partial charge in [-0.1, -0.05) is 48.0 Å². The molecule has 2 N–H and O–H groups in total. The van der Waals surface area contributed by atoms with Crippen LogP contribution in [0, 0.1) is 0 Å². The molecule has 0 fully saturated rings. The predicted octanol–water partition coefficient (Wildman–Crippen LogP) is 3.75. The largest absolute Gasteiger partial charge is 0.457 e. The maximum atomic E-state index is 12.2. The molecular formula is C22H17ClN2O5. The number of nitrogens with one attached hydrogen (secondary N) is 2. The number of rotatable bonds is 6. The van der Waals surface area contributed by atoms with Crippen LogP contribution in [-0.2, 0) is 9.53 Å². The lowest BCUT2D eigenvalue weighted by molar-refractivity contribution is -0.125. The second kappa shape index (κ2) is 10.1. The molecule has 0 aromatic heterocycles. The number of carbonyl (C=O) groups excluding carboxylic acids is 3. The van der Waals surface area contributed by atoms with Gasteiger partial charge < -0.3 is 9.47 Å². The molecule has 0 unspecified atom stereocenters. The Morgan fingerprint density at radius 1 is 0.800 bits per heavy atom. The minimum atomic E-state index is -0.708. The van der Waals surface area contributed by atoms with Gasteiger partial charge in [-0.3, -0.25) is 20.4 Å². The third-order valence-corrected chi connectivity index (χ3v) is 4.15. The highest BCUT2D eigenvalue weighted by Crippen LogP contribution is 2.22. The number of carbonyl (C=O) groups is 3. The van der Waals surface area contributed by atoms with Gasteiger partial charge in [0.15, 0.2) is 6.61 Å². The quantitative estimate of drug-likeness (QED) is 0.464. The molecule has 0 heterocycles. The molecule has 2 amide bonds. The van der Waals surface area contributed by atoms with E-state index in [4.69, 9.17) is 21.1 Å². The number of ether oxygens (including phenoxy) is 2. The van der Waals surface area contributed by atoms with Gasteiger partial charge in [-0.2, -0.15) is 0 Å². The second-order valence-corrected chi connectivity index (χ2v) is 6.41. The molecule has 0 radical (unpaired) electrons. The zero-order valence-electron chi connectivity index (χ0n) is 15.6. The lowest BCUT2D eigenvalue weighted by Crippen LogP contribution is -2.43. The Hall–Kier alpha value is -3.84. The number of benzene rings is 3. The number of esters is 1. The first-order chi connectivity index (χ1) is 14.5. The normalized spacial score (nSPS) is 10.0. The number of hydrogen-bond donors (Lipinski definition) is 2. The number of para-hydroxylation sites is 1. The summed E-state index contributed by atoms with van der Waals surface area (Å²) >= 11 is 5.92. The molecule has 0 aliphatic carbocycles. The van der Waals surface area contributed by atoms with Gasteiger partial charge in [0.25, 0.3) is 11.8 Å². The van der Waals surface area contributed by atoms with Crippen LogP contribution in [0.15, 0.2) is 78.9 Å². The van der Waals surface area contributed by atoms with Crippen molar-refractivity contribution in [3.05, 3.63) is 95.0 Å². The highest BCUT2D eigenvalue weighted by atomic mass is 35.5. The Labute approximate surface area is 177 Å². The number of hydrogen-bond acceptors (Lipinski definition) is 5. The van der Waals surface area contributed by atoms with Gasteiger partial charge in [-0.05, 0) is 42.5 Å². The molecule has 3 aromatic carbocycles. The maximum absolute atomic E-state index is 12.2. The van der Waals surface area contributed by atoms with Gasteiger partial charge in [-0.15, -0.1) is 0 Å². The lowest BCUT2D eigenvalue weighted by atomic mass is 10.2. The summed E-state index contributed by atoms with van der Waals surface area (Å²) in [5, 5.41) is 0.244. The average molecular weight is 425 g/mol. The molecule has 152 valence electrons. The number of amides is 2. The molecule has 8 heteroatoms. The molecule has 0 atom stereocenters. The fraction of sp³-hybridized carbons (Fsp3) is 0.0455. The Bertz CT molecular complexity index is 1060. The van der Waals surface area contributed by atoms with E-state index in [1.54, 1.807) is 42.5 Å². The minimum absolute atomic E-state index is 0.201. The van der Waals surface area contributed by atoms with Crippen LogP contribution in [0.3, 0.4) is 0 Å². The predicted molar refractivity (Wildman–Crippen MR) is 110 cm³/mol. The lowest BCUT2D eigenvalue weighted by Gasteiger charge is -2.10. The SMILES string of the molecule is O=C(COC(=O)c1cccc(Oc2ccccc2)c1)NNC(=O)c1ccccc1Cl. The molecule has 7 nitrogen and oxygen atoms in total. The summed E-state index contributed by atoms with van der Waals surface area (Å²) in [6.45, 7) is -0.578. The van der Waals surface area contributed by atoms with E-state index in [1.807, 2.05) is 18.2 Å². The zero-order chi connectivity index (χ0) is 21.3. The van der Waals surface area contributed by atoms with Crippen molar-refractivity contribution in [1.82, 2.24) is 10.9 Å². The second-order valence-electron chi connectivity index (χ2n) is 6.00. The Morgan fingerprint density at radius 3 is 2.27 bits per heavy atom. The van der Waals surface area contributed by atoms with Gasteiger partial charge in [0.2, 0.25) is 0 Å². The van der Waals surface area contributed by atoms with Crippen molar-refractivity contribution in [2.24, 2.45) is 0 Å². The highest BCUT2D eigenvalue weighted by molar-refractivity contribution is 6.33. The highest BCUT2D eigenvalue weighted by Gasteiger charge is 2.13. The van der Waals surface area contributed by atoms with Crippen molar-refractivity contribution in [3.8, 4) is 11.5 Å². The smallest absolute Gasteiger partial charge is 0.338 e. The van der Waals surface area contributed by atoms with E-state index < -0.39 is 24.4 Å². The van der Waals surface area contributed by atoms with E-state index in [2.05, 4.69) is 10.9 Å². The molecular weight excluding hydrogens is 408 g/mol. The van der Waals surface area contributed by atoms with Crippen LogP contribution < -0.4 is 15.6 Å². The maximum Gasteiger partial charge on any atom is 0.338 e. The zero-order valence-corrected chi connectivity index (χ0v) is 16.4. The van der Waals surface area contributed by atoms with E-state index in [-0.39, 0.29) is 16.1 Å². The van der Waals surface area contributed by atoms with Crippen LogP contribution >= 0.6 is 11.6 Å². The molecule has 0 bridgehead atoms. The monoisotopic (exact) mass is 424 g/mol. The van der Waals surface area contributed by atoms with Crippen LogP contribution in [-0.4, -0.2) is 24.4 Å². The van der Waals surface area contributed by atoms with Crippen molar-refractivity contribution in [1.29, 1.82) is 0 Å². The number of hydrazine groups is 1. The third kappa shape index (κ3) is 5.83. The van der Waals surface area contributed by atoms with Gasteiger partial charge in [0, 0.05) is 0 Å². The van der Waals surface area contributed by atoms with Crippen LogP contribution in [0.2, 0.25) is 5.02 Å². The summed E-state index contributed by atoms with van der Waals surface area (Å²) in [6, 6.07) is 21.8. The molecule has 0 aliphatic heterocycles. The van der Waals surface area contributed by atoms with Crippen LogP contribution in [0.4, 0.5) is 0 Å². The Kier molecular flexibility index (Phi) is 7.02. The first-order valence-electron chi connectivity index (χ1n) is 8.87. The van der Waals surface area contributed by atoms with Crippen molar-refractivity contribution in [3.63, 3.8) is 0 Å². The van der Waals surface area contributed by atoms with Crippen molar-refractivity contribution in [2.75, 3.05) is 6.61 Å². The van der Waals surface area contributed by atoms with Crippen molar-refractivity contribution < 1.29 is 23.9 Å². The van der Waals surface area contributed by atoms with Gasteiger partial charge in [-0.25, -0.2) is 4.79 Å². The van der Waals surface area contributed by atoms with E-state index in [0.29, 0.717) is 11.5 Å². The molecule has 3 aromatic rings. The van der Waals surface area contributed by atoms with E-state index >= 15 is 0 Å². The van der Waals surface area contributed by atoms with Gasteiger partial charge in [0.1, 0.15) is 11.5 Å². The molecule has 3 rings (SSSR count). The van der Waals surface area contributed by atoms with Gasteiger partial charge >= 0.3 is 5.97 Å². The summed E-state index contributed by atoms with van der Waals surface area (Å²) in [5.74, 6) is -0.934. The molecule has 0 aliphatic rings. The van der Waals surface area contributed by atoms with Crippen molar-refractivity contribution >= 4 is 29.4 Å². The fourth-order valence-corrected chi connectivity index (χ4v) is 2.62. The van der Waals surface area contributed by atoms with E-state index in [0.717, 1.165) is 0 Å². The van der Waals surface area contributed by atoms with Crippen molar-refractivity contribution in [2.45, 2.75) is 0 Å².